The summed E-state index contributed by atoms with van der Waals surface area (Å²) in [6.07, 6.45) is 3.36. The van der Waals surface area contributed by atoms with E-state index in [0.29, 0.717) is 5.02 Å². The highest BCUT2D eigenvalue weighted by Gasteiger charge is 2.24. The van der Waals surface area contributed by atoms with Gasteiger partial charge in [0, 0.05) is 6.54 Å². The summed E-state index contributed by atoms with van der Waals surface area (Å²) >= 11 is 6.20. The minimum absolute atomic E-state index is 0.0695. The minimum Gasteiger partial charge on any atom is -0.467 e. The van der Waals surface area contributed by atoms with Crippen LogP contribution in [0.15, 0.2) is 22.9 Å². The molecule has 0 aliphatic heterocycles. The molecule has 2 aromatic rings. The van der Waals surface area contributed by atoms with Gasteiger partial charge >= 0.3 is 0 Å². The van der Waals surface area contributed by atoms with Gasteiger partial charge in [0.1, 0.15) is 11.8 Å². The van der Waals surface area contributed by atoms with E-state index in [1.807, 2.05) is 31.6 Å². The third-order valence-corrected chi connectivity index (χ3v) is 3.15. The van der Waals surface area contributed by atoms with Crippen molar-refractivity contribution in [3.63, 3.8) is 0 Å². The third kappa shape index (κ3) is 2.10. The van der Waals surface area contributed by atoms with Crippen molar-refractivity contribution in [2.24, 2.45) is 0 Å². The van der Waals surface area contributed by atoms with Crippen molar-refractivity contribution < 1.29 is 4.42 Å². The molecule has 0 saturated carbocycles. The van der Waals surface area contributed by atoms with Gasteiger partial charge in [-0.05, 0) is 32.5 Å². The standard InChI is InChI=1S/C12H16ClN3O/c1-4-16-11(9(13)7-15-16)10(14-3)12-8(2)5-6-17-12/h5-7,10,14H,4H2,1-3H3. The average Bonchev–Trinajstić information content (AvgIpc) is 2.89. The number of halogens is 1. The van der Waals surface area contributed by atoms with Gasteiger partial charge < -0.3 is 9.73 Å². The Hall–Kier alpha value is -1.26. The van der Waals surface area contributed by atoms with E-state index in [1.54, 1.807) is 12.5 Å². The van der Waals surface area contributed by atoms with Gasteiger partial charge in [-0.25, -0.2) is 0 Å². The Kier molecular flexibility index (Phi) is 3.54. The molecule has 1 N–H and O–H groups in total. The lowest BCUT2D eigenvalue weighted by Gasteiger charge is -2.17. The monoisotopic (exact) mass is 253 g/mol. The zero-order valence-electron chi connectivity index (χ0n) is 10.2. The van der Waals surface area contributed by atoms with Gasteiger partial charge in [-0.1, -0.05) is 11.6 Å². The summed E-state index contributed by atoms with van der Waals surface area (Å²) in [5.41, 5.74) is 2.04. The van der Waals surface area contributed by atoms with Crippen LogP contribution in [0.4, 0.5) is 0 Å². The van der Waals surface area contributed by atoms with Crippen LogP contribution < -0.4 is 5.32 Å². The molecule has 0 aliphatic rings. The second kappa shape index (κ2) is 4.94. The lowest BCUT2D eigenvalue weighted by Crippen LogP contribution is -2.22. The number of nitrogens with zero attached hydrogens (tertiary/aromatic N) is 2. The molecule has 1 atom stereocenters. The van der Waals surface area contributed by atoms with E-state index in [-0.39, 0.29) is 6.04 Å². The van der Waals surface area contributed by atoms with Crippen LogP contribution in [0.5, 0.6) is 0 Å². The first kappa shape index (κ1) is 12.2. The molecule has 2 heterocycles. The SMILES string of the molecule is CCn1ncc(Cl)c1C(NC)c1occc1C. The van der Waals surface area contributed by atoms with Crippen molar-refractivity contribution in [1.29, 1.82) is 0 Å². The Morgan fingerprint density at radius 2 is 2.35 bits per heavy atom. The van der Waals surface area contributed by atoms with Crippen molar-refractivity contribution in [3.05, 3.63) is 40.6 Å². The van der Waals surface area contributed by atoms with E-state index in [4.69, 9.17) is 16.0 Å². The summed E-state index contributed by atoms with van der Waals surface area (Å²) in [6.45, 7) is 4.83. The van der Waals surface area contributed by atoms with Crippen molar-refractivity contribution in [2.45, 2.75) is 26.4 Å². The zero-order valence-corrected chi connectivity index (χ0v) is 11.0. The van der Waals surface area contributed by atoms with E-state index < -0.39 is 0 Å². The fourth-order valence-electron chi connectivity index (χ4n) is 1.98. The van der Waals surface area contributed by atoms with Crippen molar-refractivity contribution in [3.8, 4) is 0 Å². The van der Waals surface area contributed by atoms with Crippen LogP contribution in [0.3, 0.4) is 0 Å². The number of furan rings is 1. The molecule has 1 unspecified atom stereocenters. The number of aryl methyl sites for hydroxylation is 2. The Labute approximate surface area is 106 Å². The van der Waals surface area contributed by atoms with Gasteiger partial charge in [0.15, 0.2) is 0 Å². The second-order valence-corrected chi connectivity index (χ2v) is 4.29. The smallest absolute Gasteiger partial charge is 0.129 e. The number of hydrogen-bond acceptors (Lipinski definition) is 3. The highest BCUT2D eigenvalue weighted by molar-refractivity contribution is 6.31. The van der Waals surface area contributed by atoms with Gasteiger partial charge in [0.2, 0.25) is 0 Å². The highest BCUT2D eigenvalue weighted by atomic mass is 35.5. The van der Waals surface area contributed by atoms with Gasteiger partial charge in [-0.15, -0.1) is 0 Å². The van der Waals surface area contributed by atoms with Crippen LogP contribution in [0, 0.1) is 6.92 Å². The largest absolute Gasteiger partial charge is 0.467 e. The van der Waals surface area contributed by atoms with Gasteiger partial charge in [0.05, 0.1) is 23.2 Å². The van der Waals surface area contributed by atoms with Crippen LogP contribution in [0.1, 0.15) is 30.0 Å². The summed E-state index contributed by atoms with van der Waals surface area (Å²) in [6, 6.07) is 1.88. The predicted molar refractivity (Wildman–Crippen MR) is 67.3 cm³/mol. The Balaban J connectivity index is 2.49. The van der Waals surface area contributed by atoms with E-state index in [9.17, 15) is 0 Å². The van der Waals surface area contributed by atoms with Gasteiger partial charge in [0.25, 0.3) is 0 Å². The summed E-state index contributed by atoms with van der Waals surface area (Å²) in [4.78, 5) is 0. The van der Waals surface area contributed by atoms with Crippen LogP contribution >= 0.6 is 11.6 Å². The van der Waals surface area contributed by atoms with Crippen LogP contribution in [-0.2, 0) is 6.54 Å². The maximum atomic E-state index is 6.20. The molecule has 0 radical (unpaired) electrons. The minimum atomic E-state index is -0.0695. The van der Waals surface area contributed by atoms with Crippen LogP contribution in [0.2, 0.25) is 5.02 Å². The second-order valence-electron chi connectivity index (χ2n) is 3.88. The molecule has 0 bridgehead atoms. The van der Waals surface area contributed by atoms with E-state index in [0.717, 1.165) is 23.6 Å². The molecule has 0 spiro atoms. The molecular formula is C12H16ClN3O. The van der Waals surface area contributed by atoms with Gasteiger partial charge in [-0.3, -0.25) is 4.68 Å². The van der Waals surface area contributed by atoms with E-state index in [1.165, 1.54) is 0 Å². The van der Waals surface area contributed by atoms with E-state index >= 15 is 0 Å². The Morgan fingerprint density at radius 1 is 1.59 bits per heavy atom. The summed E-state index contributed by atoms with van der Waals surface area (Å²) in [5.74, 6) is 0.879. The summed E-state index contributed by atoms with van der Waals surface area (Å²) < 4.78 is 7.41. The Morgan fingerprint density at radius 3 is 2.88 bits per heavy atom. The molecule has 92 valence electrons. The number of rotatable bonds is 4. The molecule has 0 fully saturated rings. The number of aromatic nitrogens is 2. The van der Waals surface area contributed by atoms with Crippen LogP contribution in [-0.4, -0.2) is 16.8 Å². The van der Waals surface area contributed by atoms with Crippen LogP contribution in [0.25, 0.3) is 0 Å². The third-order valence-electron chi connectivity index (χ3n) is 2.86. The molecule has 17 heavy (non-hydrogen) atoms. The van der Waals surface area contributed by atoms with E-state index in [2.05, 4.69) is 10.4 Å². The highest BCUT2D eigenvalue weighted by Crippen LogP contribution is 2.30. The topological polar surface area (TPSA) is 43.0 Å². The maximum absolute atomic E-state index is 6.20. The van der Waals surface area contributed by atoms with Gasteiger partial charge in [-0.2, -0.15) is 5.10 Å². The Bertz CT molecular complexity index is 504. The summed E-state index contributed by atoms with van der Waals surface area (Å²) in [7, 11) is 1.88. The maximum Gasteiger partial charge on any atom is 0.129 e. The lowest BCUT2D eigenvalue weighted by molar-refractivity contribution is 0.441. The molecule has 4 nitrogen and oxygen atoms in total. The molecule has 5 heteroatoms. The number of hydrogen-bond donors (Lipinski definition) is 1. The zero-order chi connectivity index (χ0) is 12.4. The van der Waals surface area contributed by atoms with Crippen molar-refractivity contribution in [2.75, 3.05) is 7.05 Å². The van der Waals surface area contributed by atoms with Crippen molar-refractivity contribution in [1.82, 2.24) is 15.1 Å². The normalized spacial score (nSPS) is 12.9. The molecule has 0 aromatic carbocycles. The first-order valence-corrected chi connectivity index (χ1v) is 5.99. The number of nitrogens with one attached hydrogen (secondary N) is 1. The van der Waals surface area contributed by atoms with Crippen molar-refractivity contribution >= 4 is 11.6 Å². The first-order valence-electron chi connectivity index (χ1n) is 5.61. The molecule has 2 aromatic heterocycles. The average molecular weight is 254 g/mol. The molecule has 0 saturated heterocycles. The first-order chi connectivity index (χ1) is 8.19. The lowest BCUT2D eigenvalue weighted by atomic mass is 10.1. The molecule has 0 amide bonds. The fourth-order valence-corrected chi connectivity index (χ4v) is 2.23. The predicted octanol–water partition coefficient (Wildman–Crippen LogP) is 2.77. The summed E-state index contributed by atoms with van der Waals surface area (Å²) in [5, 5.41) is 8.12. The molecule has 0 aliphatic carbocycles. The molecular weight excluding hydrogens is 238 g/mol. The quantitative estimate of drug-likeness (QED) is 0.911. The molecule has 2 rings (SSSR count). The fraction of sp³-hybridized carbons (Fsp3) is 0.417.